The number of hydrogen-bond acceptors (Lipinski definition) is 3. The lowest BCUT2D eigenvalue weighted by molar-refractivity contribution is 0.122. The minimum Gasteiger partial charge on any atom is -0.481 e. The van der Waals surface area contributed by atoms with E-state index in [1.54, 1.807) is 0 Å². The van der Waals surface area contributed by atoms with E-state index < -0.39 is 0 Å². The maximum atomic E-state index is 5.61. The van der Waals surface area contributed by atoms with Crippen LogP contribution in [0.25, 0.3) is 0 Å². The first kappa shape index (κ1) is 16.4. The van der Waals surface area contributed by atoms with Crippen molar-refractivity contribution in [1.82, 2.24) is 5.32 Å². The molecule has 1 fully saturated rings. The smallest absolute Gasteiger partial charge is 0.148 e. The van der Waals surface area contributed by atoms with Gasteiger partial charge in [0.1, 0.15) is 12.4 Å². The van der Waals surface area contributed by atoms with Gasteiger partial charge in [0.05, 0.1) is 0 Å². The molecule has 1 aromatic rings. The molecule has 0 unspecified atom stereocenters. The first-order chi connectivity index (χ1) is 10.3. The van der Waals surface area contributed by atoms with Gasteiger partial charge in [-0.15, -0.1) is 6.42 Å². The van der Waals surface area contributed by atoms with Crippen LogP contribution in [-0.2, 0) is 11.3 Å². The summed E-state index contributed by atoms with van der Waals surface area (Å²) in [7, 11) is 0. The predicted molar refractivity (Wildman–Crippen MR) is 88.3 cm³/mol. The molecular formula is C17H22BrNO2. The van der Waals surface area contributed by atoms with Crippen LogP contribution in [0, 0.1) is 18.3 Å². The van der Waals surface area contributed by atoms with Gasteiger partial charge in [-0.1, -0.05) is 21.9 Å². The lowest BCUT2D eigenvalue weighted by Crippen LogP contribution is -2.17. The molecule has 1 aromatic carbocycles. The quantitative estimate of drug-likeness (QED) is 0.517. The number of ether oxygens (including phenoxy) is 2. The standard InChI is InChI=1S/C17H22BrNO2/c1-2-9-21-17-7-6-16(18)11-15(17)12-19-8-3-10-20-13-14-4-5-14/h1,6-7,11,14,19H,3-5,8-10,12-13H2. The van der Waals surface area contributed by atoms with Crippen LogP contribution in [-0.4, -0.2) is 26.4 Å². The molecule has 0 heterocycles. The Balaban J connectivity index is 1.66. The van der Waals surface area contributed by atoms with Crippen molar-refractivity contribution in [2.24, 2.45) is 5.92 Å². The summed E-state index contributed by atoms with van der Waals surface area (Å²) >= 11 is 3.48. The zero-order valence-corrected chi connectivity index (χ0v) is 13.8. The Labute approximate surface area is 135 Å². The zero-order valence-electron chi connectivity index (χ0n) is 12.2. The van der Waals surface area contributed by atoms with E-state index in [1.807, 2.05) is 12.1 Å². The molecule has 1 aliphatic rings. The Bertz CT molecular complexity index is 480. The summed E-state index contributed by atoms with van der Waals surface area (Å²) in [6.07, 6.45) is 8.96. The normalized spacial score (nSPS) is 13.9. The van der Waals surface area contributed by atoms with Crippen molar-refractivity contribution in [2.75, 3.05) is 26.4 Å². The van der Waals surface area contributed by atoms with E-state index >= 15 is 0 Å². The highest BCUT2D eigenvalue weighted by Gasteiger charge is 2.20. The van der Waals surface area contributed by atoms with Gasteiger partial charge in [0.15, 0.2) is 0 Å². The van der Waals surface area contributed by atoms with Gasteiger partial charge in [-0.2, -0.15) is 0 Å². The summed E-state index contributed by atoms with van der Waals surface area (Å²) in [6, 6.07) is 5.96. The van der Waals surface area contributed by atoms with Crippen molar-refractivity contribution in [3.8, 4) is 18.1 Å². The summed E-state index contributed by atoms with van der Waals surface area (Å²) < 4.78 is 12.2. The van der Waals surface area contributed by atoms with Gasteiger partial charge in [0, 0.05) is 29.8 Å². The topological polar surface area (TPSA) is 30.5 Å². The Hall–Kier alpha value is -1.02. The molecule has 0 bridgehead atoms. The number of terminal acetylenes is 1. The van der Waals surface area contributed by atoms with Gasteiger partial charge in [-0.05, 0) is 49.9 Å². The van der Waals surface area contributed by atoms with Gasteiger partial charge >= 0.3 is 0 Å². The Morgan fingerprint density at radius 1 is 1.38 bits per heavy atom. The van der Waals surface area contributed by atoms with Crippen LogP contribution < -0.4 is 10.1 Å². The molecule has 0 radical (unpaired) electrons. The minimum atomic E-state index is 0.295. The highest BCUT2D eigenvalue weighted by atomic mass is 79.9. The SMILES string of the molecule is C#CCOc1ccc(Br)cc1CNCCCOCC1CC1. The molecule has 4 heteroatoms. The lowest BCUT2D eigenvalue weighted by atomic mass is 10.2. The molecule has 0 spiro atoms. The molecular weight excluding hydrogens is 330 g/mol. The number of halogens is 1. The van der Waals surface area contributed by atoms with Crippen LogP contribution >= 0.6 is 15.9 Å². The van der Waals surface area contributed by atoms with E-state index in [9.17, 15) is 0 Å². The van der Waals surface area contributed by atoms with E-state index in [-0.39, 0.29) is 0 Å². The third-order valence-corrected chi connectivity index (χ3v) is 3.83. The lowest BCUT2D eigenvalue weighted by Gasteiger charge is -2.11. The number of rotatable bonds is 10. The molecule has 1 N–H and O–H groups in total. The summed E-state index contributed by atoms with van der Waals surface area (Å²) in [6.45, 7) is 3.77. The van der Waals surface area contributed by atoms with Gasteiger partial charge in [0.25, 0.3) is 0 Å². The third kappa shape index (κ3) is 6.52. The van der Waals surface area contributed by atoms with Crippen molar-refractivity contribution in [3.63, 3.8) is 0 Å². The van der Waals surface area contributed by atoms with Crippen LogP contribution in [0.15, 0.2) is 22.7 Å². The summed E-state index contributed by atoms with van der Waals surface area (Å²) in [5.74, 6) is 4.18. The molecule has 0 aromatic heterocycles. The Morgan fingerprint density at radius 3 is 3.00 bits per heavy atom. The van der Waals surface area contributed by atoms with E-state index in [4.69, 9.17) is 15.9 Å². The molecule has 21 heavy (non-hydrogen) atoms. The summed E-state index contributed by atoms with van der Waals surface area (Å²) in [4.78, 5) is 0. The Kier molecular flexibility index (Phi) is 7.08. The molecule has 1 saturated carbocycles. The average Bonchev–Trinajstić information content (AvgIpc) is 3.29. The van der Waals surface area contributed by atoms with E-state index in [0.717, 1.165) is 54.4 Å². The van der Waals surface area contributed by atoms with E-state index in [1.165, 1.54) is 12.8 Å². The highest BCUT2D eigenvalue weighted by molar-refractivity contribution is 9.10. The van der Waals surface area contributed by atoms with Crippen LogP contribution in [0.1, 0.15) is 24.8 Å². The summed E-state index contributed by atoms with van der Waals surface area (Å²) in [5.41, 5.74) is 1.11. The number of benzene rings is 1. The van der Waals surface area contributed by atoms with Gasteiger partial charge < -0.3 is 14.8 Å². The highest BCUT2D eigenvalue weighted by Crippen LogP contribution is 2.28. The fourth-order valence-electron chi connectivity index (χ4n) is 2.00. The van der Waals surface area contributed by atoms with Crippen LogP contribution in [0.3, 0.4) is 0 Å². The van der Waals surface area contributed by atoms with Crippen molar-refractivity contribution >= 4 is 15.9 Å². The summed E-state index contributed by atoms with van der Waals surface area (Å²) in [5, 5.41) is 3.42. The maximum absolute atomic E-state index is 5.61. The fraction of sp³-hybridized carbons (Fsp3) is 0.529. The molecule has 0 saturated heterocycles. The van der Waals surface area contributed by atoms with Crippen molar-refractivity contribution in [2.45, 2.75) is 25.8 Å². The number of nitrogens with one attached hydrogen (secondary N) is 1. The molecule has 2 rings (SSSR count). The fourth-order valence-corrected chi connectivity index (χ4v) is 2.41. The molecule has 114 valence electrons. The Morgan fingerprint density at radius 2 is 2.24 bits per heavy atom. The minimum absolute atomic E-state index is 0.295. The average molecular weight is 352 g/mol. The first-order valence-electron chi connectivity index (χ1n) is 7.42. The first-order valence-corrected chi connectivity index (χ1v) is 8.22. The molecule has 3 nitrogen and oxygen atoms in total. The second kappa shape index (κ2) is 9.09. The number of hydrogen-bond donors (Lipinski definition) is 1. The molecule has 0 atom stereocenters. The van der Waals surface area contributed by atoms with Gasteiger partial charge in [0.2, 0.25) is 0 Å². The van der Waals surface area contributed by atoms with Crippen LogP contribution in [0.4, 0.5) is 0 Å². The second-order valence-electron chi connectivity index (χ2n) is 5.29. The maximum Gasteiger partial charge on any atom is 0.148 e. The molecule has 0 amide bonds. The van der Waals surface area contributed by atoms with Crippen molar-refractivity contribution in [3.05, 3.63) is 28.2 Å². The van der Waals surface area contributed by atoms with Gasteiger partial charge in [-0.25, -0.2) is 0 Å². The van der Waals surface area contributed by atoms with E-state index in [2.05, 4.69) is 33.2 Å². The monoisotopic (exact) mass is 351 g/mol. The third-order valence-electron chi connectivity index (χ3n) is 3.34. The van der Waals surface area contributed by atoms with Crippen LogP contribution in [0.2, 0.25) is 0 Å². The second-order valence-corrected chi connectivity index (χ2v) is 6.21. The largest absolute Gasteiger partial charge is 0.481 e. The van der Waals surface area contributed by atoms with Crippen molar-refractivity contribution in [1.29, 1.82) is 0 Å². The molecule has 0 aliphatic heterocycles. The predicted octanol–water partition coefficient (Wildman–Crippen LogP) is 3.37. The zero-order chi connectivity index (χ0) is 14.9. The van der Waals surface area contributed by atoms with Crippen LogP contribution in [0.5, 0.6) is 5.75 Å². The van der Waals surface area contributed by atoms with E-state index in [0.29, 0.717) is 6.61 Å². The molecule has 1 aliphatic carbocycles. The van der Waals surface area contributed by atoms with Gasteiger partial charge in [-0.3, -0.25) is 0 Å². The van der Waals surface area contributed by atoms with Crippen molar-refractivity contribution < 1.29 is 9.47 Å².